The minimum Gasteiger partial charge on any atom is -0.459 e. The van der Waals surface area contributed by atoms with Gasteiger partial charge in [-0.3, -0.25) is 9.59 Å². The Labute approximate surface area is 141 Å². The van der Waals surface area contributed by atoms with Gasteiger partial charge in [0, 0.05) is 45.2 Å². The number of amides is 2. The molecule has 1 aromatic rings. The predicted octanol–water partition coefficient (Wildman–Crippen LogP) is 0.364. The Kier molecular flexibility index (Phi) is 6.44. The first kappa shape index (κ1) is 17.8. The second kappa shape index (κ2) is 8.33. The number of hydrogen-bond acceptors (Lipinski definition) is 5. The largest absolute Gasteiger partial charge is 0.459 e. The molecule has 128 valence electrons. The molecule has 8 heteroatoms. The maximum absolute atomic E-state index is 12.3. The van der Waals surface area contributed by atoms with Gasteiger partial charge < -0.3 is 24.3 Å². The molecule has 0 saturated carbocycles. The zero-order chi connectivity index (χ0) is 15.4. The fourth-order valence-electron chi connectivity index (χ4n) is 2.81. The van der Waals surface area contributed by atoms with Gasteiger partial charge in [0.25, 0.3) is 5.91 Å². The fourth-order valence-corrected chi connectivity index (χ4v) is 2.81. The van der Waals surface area contributed by atoms with E-state index in [0.717, 1.165) is 6.54 Å². The molecule has 2 aliphatic heterocycles. The van der Waals surface area contributed by atoms with Crippen LogP contribution in [0.2, 0.25) is 0 Å². The average molecular weight is 344 g/mol. The summed E-state index contributed by atoms with van der Waals surface area (Å²) in [5.41, 5.74) is 0. The SMILES string of the molecule is Cl.O=C(CC1COCCN1)N1CCN(C(=O)c2ccco2)CC1. The second-order valence-electron chi connectivity index (χ2n) is 5.58. The summed E-state index contributed by atoms with van der Waals surface area (Å²) in [6.07, 6.45) is 1.94. The van der Waals surface area contributed by atoms with E-state index in [1.165, 1.54) is 6.26 Å². The second-order valence-corrected chi connectivity index (χ2v) is 5.58. The summed E-state index contributed by atoms with van der Waals surface area (Å²) in [6, 6.07) is 3.46. The van der Waals surface area contributed by atoms with E-state index in [9.17, 15) is 9.59 Å². The summed E-state index contributed by atoms with van der Waals surface area (Å²) in [6.45, 7) is 4.31. The van der Waals surface area contributed by atoms with Crippen LogP contribution in [0.25, 0.3) is 0 Å². The van der Waals surface area contributed by atoms with Crippen molar-refractivity contribution in [1.29, 1.82) is 0 Å². The van der Waals surface area contributed by atoms with E-state index in [1.807, 2.05) is 4.90 Å². The molecule has 7 nitrogen and oxygen atoms in total. The van der Waals surface area contributed by atoms with E-state index < -0.39 is 0 Å². The van der Waals surface area contributed by atoms with Crippen LogP contribution >= 0.6 is 12.4 Å². The van der Waals surface area contributed by atoms with Gasteiger partial charge >= 0.3 is 0 Å². The molecule has 0 bridgehead atoms. The summed E-state index contributed by atoms with van der Waals surface area (Å²) < 4.78 is 10.5. The molecule has 0 radical (unpaired) electrons. The third-order valence-electron chi connectivity index (χ3n) is 4.07. The van der Waals surface area contributed by atoms with Crippen molar-refractivity contribution >= 4 is 24.2 Å². The lowest BCUT2D eigenvalue weighted by Crippen LogP contribution is -2.52. The molecule has 0 aliphatic carbocycles. The molecule has 2 amide bonds. The van der Waals surface area contributed by atoms with Crippen LogP contribution < -0.4 is 5.32 Å². The minimum atomic E-state index is -0.112. The topological polar surface area (TPSA) is 75.0 Å². The molecule has 0 aromatic carbocycles. The number of rotatable bonds is 3. The molecule has 0 spiro atoms. The van der Waals surface area contributed by atoms with Crippen molar-refractivity contribution in [3.05, 3.63) is 24.2 Å². The minimum absolute atomic E-state index is 0. The zero-order valence-electron chi connectivity index (χ0n) is 12.9. The number of nitrogens with zero attached hydrogens (tertiary/aromatic N) is 2. The normalized spacial score (nSPS) is 21.7. The lowest BCUT2D eigenvalue weighted by molar-refractivity contribution is -0.133. The van der Waals surface area contributed by atoms with Gasteiger partial charge in [-0.05, 0) is 12.1 Å². The lowest BCUT2D eigenvalue weighted by Gasteiger charge is -2.35. The number of piperazine rings is 1. The van der Waals surface area contributed by atoms with Gasteiger partial charge in [-0.15, -0.1) is 12.4 Å². The van der Waals surface area contributed by atoms with E-state index in [1.54, 1.807) is 17.0 Å². The van der Waals surface area contributed by atoms with E-state index in [-0.39, 0.29) is 30.3 Å². The van der Waals surface area contributed by atoms with Gasteiger partial charge in [0.05, 0.1) is 19.5 Å². The first-order valence-electron chi connectivity index (χ1n) is 7.66. The Morgan fingerprint density at radius 2 is 1.96 bits per heavy atom. The van der Waals surface area contributed by atoms with Gasteiger partial charge in [0.2, 0.25) is 5.91 Å². The van der Waals surface area contributed by atoms with Crippen molar-refractivity contribution in [2.75, 3.05) is 45.9 Å². The maximum atomic E-state index is 12.3. The van der Waals surface area contributed by atoms with Crippen LogP contribution in [0.4, 0.5) is 0 Å². The van der Waals surface area contributed by atoms with Crippen LogP contribution in [0.3, 0.4) is 0 Å². The Morgan fingerprint density at radius 1 is 1.22 bits per heavy atom. The molecule has 3 rings (SSSR count). The first-order chi connectivity index (χ1) is 10.7. The summed E-state index contributed by atoms with van der Waals surface area (Å²) in [7, 11) is 0. The Balaban J connectivity index is 0.00000192. The highest BCUT2D eigenvalue weighted by Crippen LogP contribution is 2.11. The van der Waals surface area contributed by atoms with E-state index in [2.05, 4.69) is 5.32 Å². The Hall–Kier alpha value is -1.57. The quantitative estimate of drug-likeness (QED) is 0.858. The van der Waals surface area contributed by atoms with Gasteiger partial charge in [-0.2, -0.15) is 0 Å². The molecule has 1 unspecified atom stereocenters. The summed E-state index contributed by atoms with van der Waals surface area (Å²) >= 11 is 0. The highest BCUT2D eigenvalue weighted by Gasteiger charge is 2.27. The number of nitrogens with one attached hydrogen (secondary N) is 1. The van der Waals surface area contributed by atoms with Crippen molar-refractivity contribution in [3.8, 4) is 0 Å². The van der Waals surface area contributed by atoms with Gasteiger partial charge in [-0.25, -0.2) is 0 Å². The lowest BCUT2D eigenvalue weighted by atomic mass is 10.1. The molecule has 1 N–H and O–H groups in total. The van der Waals surface area contributed by atoms with Crippen LogP contribution in [0.15, 0.2) is 22.8 Å². The molecular formula is C15H22ClN3O4. The first-order valence-corrected chi connectivity index (χ1v) is 7.66. The molecule has 1 aromatic heterocycles. The van der Waals surface area contributed by atoms with Crippen LogP contribution in [0, 0.1) is 0 Å². The molecule has 2 fully saturated rings. The molecule has 2 aliphatic rings. The molecular weight excluding hydrogens is 322 g/mol. The number of ether oxygens (including phenoxy) is 1. The fraction of sp³-hybridized carbons (Fsp3) is 0.600. The van der Waals surface area contributed by atoms with Crippen molar-refractivity contribution < 1.29 is 18.7 Å². The average Bonchev–Trinajstić information content (AvgIpc) is 3.10. The number of carbonyl (C=O) groups is 2. The van der Waals surface area contributed by atoms with Crippen molar-refractivity contribution in [2.45, 2.75) is 12.5 Å². The predicted molar refractivity (Wildman–Crippen MR) is 85.7 cm³/mol. The third kappa shape index (κ3) is 4.46. The van der Waals surface area contributed by atoms with Crippen LogP contribution in [0.5, 0.6) is 0 Å². The van der Waals surface area contributed by atoms with Crippen molar-refractivity contribution in [2.24, 2.45) is 0 Å². The summed E-state index contributed by atoms with van der Waals surface area (Å²) in [5, 5.41) is 3.29. The monoisotopic (exact) mass is 343 g/mol. The number of halogens is 1. The molecule has 2 saturated heterocycles. The van der Waals surface area contributed by atoms with Crippen LogP contribution in [0.1, 0.15) is 17.0 Å². The third-order valence-corrected chi connectivity index (χ3v) is 4.07. The van der Waals surface area contributed by atoms with Gasteiger partial charge in [-0.1, -0.05) is 0 Å². The molecule has 1 atom stereocenters. The smallest absolute Gasteiger partial charge is 0.289 e. The molecule has 3 heterocycles. The van der Waals surface area contributed by atoms with Crippen LogP contribution in [-0.2, 0) is 9.53 Å². The highest BCUT2D eigenvalue weighted by atomic mass is 35.5. The standard InChI is InChI=1S/C15H21N3O4.ClH/c19-14(10-12-11-21-9-3-16-12)17-4-6-18(7-5-17)15(20)13-2-1-8-22-13;/h1-2,8,12,16H,3-7,9-11H2;1H. The van der Waals surface area contributed by atoms with E-state index in [4.69, 9.17) is 9.15 Å². The van der Waals surface area contributed by atoms with Gasteiger partial charge in [0.15, 0.2) is 5.76 Å². The Morgan fingerprint density at radius 3 is 2.57 bits per heavy atom. The number of morpholine rings is 1. The number of hydrogen-bond donors (Lipinski definition) is 1. The van der Waals surface area contributed by atoms with Gasteiger partial charge in [0.1, 0.15) is 0 Å². The maximum Gasteiger partial charge on any atom is 0.289 e. The summed E-state index contributed by atoms with van der Waals surface area (Å²) in [4.78, 5) is 28.0. The number of carbonyl (C=O) groups excluding carboxylic acids is 2. The zero-order valence-corrected chi connectivity index (χ0v) is 13.7. The highest BCUT2D eigenvalue weighted by molar-refractivity contribution is 5.91. The van der Waals surface area contributed by atoms with Crippen LogP contribution in [-0.4, -0.2) is 73.6 Å². The van der Waals surface area contributed by atoms with Crippen molar-refractivity contribution in [1.82, 2.24) is 15.1 Å². The molecule has 23 heavy (non-hydrogen) atoms. The van der Waals surface area contributed by atoms with Crippen molar-refractivity contribution in [3.63, 3.8) is 0 Å². The Bertz CT molecular complexity index is 509. The van der Waals surface area contributed by atoms with E-state index >= 15 is 0 Å². The summed E-state index contributed by atoms with van der Waals surface area (Å²) in [5.74, 6) is 0.357. The van der Waals surface area contributed by atoms with E-state index in [0.29, 0.717) is 51.6 Å². The number of furan rings is 1.